The van der Waals surface area contributed by atoms with Crippen LogP contribution in [0.4, 0.5) is 4.39 Å². The highest BCUT2D eigenvalue weighted by molar-refractivity contribution is 5.33. The number of benzene rings is 2. The summed E-state index contributed by atoms with van der Waals surface area (Å²) in [6, 6.07) is 14.9. The molecule has 0 spiro atoms. The smallest absolute Gasteiger partial charge is 0.129 e. The largest absolute Gasteiger partial charge is 0.306 e. The lowest BCUT2D eigenvalue weighted by atomic mass is 10.1. The highest BCUT2D eigenvalue weighted by atomic mass is 19.1. The molecule has 3 heteroatoms. The molecule has 0 aliphatic heterocycles. The van der Waals surface area contributed by atoms with Crippen LogP contribution in [-0.2, 0) is 6.54 Å². The van der Waals surface area contributed by atoms with E-state index in [1.54, 1.807) is 12.1 Å². The zero-order chi connectivity index (χ0) is 14.5. The maximum atomic E-state index is 13.8. The molecule has 0 amide bonds. The molecule has 1 atom stereocenters. The van der Waals surface area contributed by atoms with Crippen LogP contribution < -0.4 is 5.32 Å². The summed E-state index contributed by atoms with van der Waals surface area (Å²) in [5, 5.41) is 12.0. The van der Waals surface area contributed by atoms with Gasteiger partial charge in [-0.05, 0) is 31.5 Å². The third kappa shape index (κ3) is 3.43. The van der Waals surface area contributed by atoms with Crippen molar-refractivity contribution in [3.05, 3.63) is 70.5 Å². The molecule has 2 rings (SSSR count). The van der Waals surface area contributed by atoms with Gasteiger partial charge in [-0.1, -0.05) is 35.9 Å². The Balaban J connectivity index is 2.04. The molecule has 102 valence electrons. The zero-order valence-corrected chi connectivity index (χ0v) is 11.7. The minimum Gasteiger partial charge on any atom is -0.306 e. The van der Waals surface area contributed by atoms with Gasteiger partial charge in [-0.25, -0.2) is 4.39 Å². The van der Waals surface area contributed by atoms with Crippen molar-refractivity contribution < 1.29 is 4.39 Å². The van der Waals surface area contributed by atoms with Gasteiger partial charge in [-0.2, -0.15) is 5.26 Å². The van der Waals surface area contributed by atoms with Gasteiger partial charge in [0.2, 0.25) is 0 Å². The van der Waals surface area contributed by atoms with E-state index in [9.17, 15) is 4.39 Å². The second kappa shape index (κ2) is 6.31. The molecule has 0 aliphatic carbocycles. The second-order valence-electron chi connectivity index (χ2n) is 4.93. The lowest BCUT2D eigenvalue weighted by Crippen LogP contribution is -2.18. The SMILES string of the molecule is Cc1cccc([C@H](C)NCc2ccc(C#N)cc2F)c1. The Labute approximate surface area is 118 Å². The molecule has 2 aromatic rings. The third-order valence-corrected chi connectivity index (χ3v) is 3.32. The van der Waals surface area contributed by atoms with Crippen molar-refractivity contribution in [2.75, 3.05) is 0 Å². The quantitative estimate of drug-likeness (QED) is 0.914. The van der Waals surface area contributed by atoms with E-state index >= 15 is 0 Å². The van der Waals surface area contributed by atoms with Crippen molar-refractivity contribution in [1.29, 1.82) is 5.26 Å². The molecule has 0 heterocycles. The Morgan fingerprint density at radius 1 is 1.25 bits per heavy atom. The van der Waals surface area contributed by atoms with Gasteiger partial charge in [0, 0.05) is 18.2 Å². The van der Waals surface area contributed by atoms with E-state index in [4.69, 9.17) is 5.26 Å². The number of rotatable bonds is 4. The molecule has 1 N–H and O–H groups in total. The summed E-state index contributed by atoms with van der Waals surface area (Å²) in [6.07, 6.45) is 0. The Bertz CT molecular complexity index is 644. The molecule has 0 saturated carbocycles. The first-order valence-corrected chi connectivity index (χ1v) is 6.58. The molecule has 0 fully saturated rings. The predicted molar refractivity (Wildman–Crippen MR) is 77.5 cm³/mol. The van der Waals surface area contributed by atoms with Crippen molar-refractivity contribution in [2.24, 2.45) is 0 Å². The summed E-state index contributed by atoms with van der Waals surface area (Å²) in [5.41, 5.74) is 3.31. The molecule has 0 unspecified atom stereocenters. The van der Waals surface area contributed by atoms with Crippen molar-refractivity contribution in [3.63, 3.8) is 0 Å². The summed E-state index contributed by atoms with van der Waals surface area (Å²) in [5.74, 6) is -0.340. The maximum Gasteiger partial charge on any atom is 0.129 e. The lowest BCUT2D eigenvalue weighted by molar-refractivity contribution is 0.544. The fourth-order valence-corrected chi connectivity index (χ4v) is 2.08. The van der Waals surface area contributed by atoms with Crippen LogP contribution in [-0.4, -0.2) is 0 Å². The third-order valence-electron chi connectivity index (χ3n) is 3.32. The fraction of sp³-hybridized carbons (Fsp3) is 0.235. The van der Waals surface area contributed by atoms with Gasteiger partial charge in [0.25, 0.3) is 0 Å². The van der Waals surface area contributed by atoms with Gasteiger partial charge in [0.05, 0.1) is 11.6 Å². The van der Waals surface area contributed by atoms with Gasteiger partial charge < -0.3 is 5.32 Å². The number of hydrogen-bond acceptors (Lipinski definition) is 2. The van der Waals surface area contributed by atoms with Crippen molar-refractivity contribution in [3.8, 4) is 6.07 Å². The van der Waals surface area contributed by atoms with Crippen LogP contribution in [0, 0.1) is 24.1 Å². The normalized spacial score (nSPS) is 11.9. The summed E-state index contributed by atoms with van der Waals surface area (Å²) < 4.78 is 13.8. The first-order valence-electron chi connectivity index (χ1n) is 6.58. The Kier molecular flexibility index (Phi) is 4.49. The Morgan fingerprint density at radius 2 is 2.05 bits per heavy atom. The predicted octanol–water partition coefficient (Wildman–Crippen LogP) is 3.86. The van der Waals surface area contributed by atoms with Gasteiger partial charge >= 0.3 is 0 Å². The number of nitrogens with one attached hydrogen (secondary N) is 1. The zero-order valence-electron chi connectivity index (χ0n) is 11.7. The Morgan fingerprint density at radius 3 is 2.70 bits per heavy atom. The number of nitriles is 1. The summed E-state index contributed by atoms with van der Waals surface area (Å²) in [7, 11) is 0. The molecule has 2 aromatic carbocycles. The van der Waals surface area contributed by atoms with Crippen LogP contribution in [0.25, 0.3) is 0 Å². The Hall–Kier alpha value is -2.18. The summed E-state index contributed by atoms with van der Waals surface area (Å²) >= 11 is 0. The average molecular weight is 268 g/mol. The first kappa shape index (κ1) is 14.2. The fourth-order valence-electron chi connectivity index (χ4n) is 2.08. The maximum absolute atomic E-state index is 13.8. The molecular weight excluding hydrogens is 251 g/mol. The van der Waals surface area contributed by atoms with Crippen molar-refractivity contribution in [2.45, 2.75) is 26.4 Å². The van der Waals surface area contributed by atoms with Crippen LogP contribution in [0.15, 0.2) is 42.5 Å². The van der Waals surface area contributed by atoms with Gasteiger partial charge in [-0.15, -0.1) is 0 Å². The lowest BCUT2D eigenvalue weighted by Gasteiger charge is -2.15. The van der Waals surface area contributed by atoms with E-state index in [0.29, 0.717) is 17.7 Å². The summed E-state index contributed by atoms with van der Waals surface area (Å²) in [6.45, 7) is 4.54. The number of nitrogens with zero attached hydrogens (tertiary/aromatic N) is 1. The van der Waals surface area contributed by atoms with E-state index in [2.05, 4.69) is 37.4 Å². The topological polar surface area (TPSA) is 35.8 Å². The van der Waals surface area contributed by atoms with Crippen molar-refractivity contribution in [1.82, 2.24) is 5.32 Å². The minimum absolute atomic E-state index is 0.143. The molecule has 2 nitrogen and oxygen atoms in total. The van der Waals surface area contributed by atoms with Crippen molar-refractivity contribution >= 4 is 0 Å². The number of hydrogen-bond donors (Lipinski definition) is 1. The molecule has 0 aromatic heterocycles. The highest BCUT2D eigenvalue weighted by Crippen LogP contribution is 2.16. The standard InChI is InChI=1S/C17H17FN2/c1-12-4-3-5-15(8-12)13(2)20-11-16-7-6-14(10-19)9-17(16)18/h3-9,13,20H,11H2,1-2H3/t13-/m0/s1. The van der Waals surface area contributed by atoms with Crippen LogP contribution >= 0.6 is 0 Å². The monoisotopic (exact) mass is 268 g/mol. The van der Waals surface area contributed by atoms with Crippen LogP contribution in [0.5, 0.6) is 0 Å². The van der Waals surface area contributed by atoms with Gasteiger partial charge in [0.1, 0.15) is 5.82 Å². The average Bonchev–Trinajstić information content (AvgIpc) is 2.45. The molecular formula is C17H17FN2. The molecule has 0 bridgehead atoms. The summed E-state index contributed by atoms with van der Waals surface area (Å²) in [4.78, 5) is 0. The van der Waals surface area contributed by atoms with E-state index in [0.717, 1.165) is 0 Å². The van der Waals surface area contributed by atoms with E-state index in [1.807, 2.05) is 12.1 Å². The van der Waals surface area contributed by atoms with E-state index < -0.39 is 0 Å². The minimum atomic E-state index is -0.340. The van der Waals surface area contributed by atoms with Crippen LogP contribution in [0.2, 0.25) is 0 Å². The van der Waals surface area contributed by atoms with E-state index in [1.165, 1.54) is 17.2 Å². The number of halogens is 1. The second-order valence-corrected chi connectivity index (χ2v) is 4.93. The van der Waals surface area contributed by atoms with Crippen LogP contribution in [0.1, 0.15) is 35.2 Å². The molecule has 0 radical (unpaired) electrons. The molecule has 0 saturated heterocycles. The van der Waals surface area contributed by atoms with Gasteiger partial charge in [-0.3, -0.25) is 0 Å². The highest BCUT2D eigenvalue weighted by Gasteiger charge is 2.08. The van der Waals surface area contributed by atoms with Gasteiger partial charge in [0.15, 0.2) is 0 Å². The molecule has 0 aliphatic rings. The molecule has 20 heavy (non-hydrogen) atoms. The first-order chi connectivity index (χ1) is 9.60. The number of aryl methyl sites for hydroxylation is 1. The van der Waals surface area contributed by atoms with E-state index in [-0.39, 0.29) is 11.9 Å². The van der Waals surface area contributed by atoms with Crippen LogP contribution in [0.3, 0.4) is 0 Å².